The molecule has 0 aromatic carbocycles. The van der Waals surface area contributed by atoms with Gasteiger partial charge < -0.3 is 11.6 Å². The number of hydrogen-bond donors (Lipinski definition) is 2. The van der Waals surface area contributed by atoms with Crippen LogP contribution in [0.3, 0.4) is 0 Å². The zero-order valence-corrected chi connectivity index (χ0v) is 8.70. The molecule has 5 nitrogen and oxygen atoms in total. The summed E-state index contributed by atoms with van der Waals surface area (Å²) in [5.74, 6) is 0. The van der Waals surface area contributed by atoms with Crippen LogP contribution in [0, 0.1) is 22.7 Å². The van der Waals surface area contributed by atoms with Gasteiger partial charge in [-0.2, -0.15) is 10.5 Å². The summed E-state index contributed by atoms with van der Waals surface area (Å²) >= 11 is 0. The summed E-state index contributed by atoms with van der Waals surface area (Å²) in [4.78, 5) is 8.56. The average molecular weight is 168 g/mol. The van der Waals surface area contributed by atoms with Gasteiger partial charge in [0.15, 0.2) is 0 Å². The summed E-state index contributed by atoms with van der Waals surface area (Å²) < 4.78 is 0. The van der Waals surface area contributed by atoms with Crippen LogP contribution in [0.5, 0.6) is 0 Å². The van der Waals surface area contributed by atoms with E-state index in [1.165, 1.54) is 13.8 Å². The van der Waals surface area contributed by atoms with E-state index in [1.54, 1.807) is 12.1 Å². The molecular formula is C5H9N2NaO3. The van der Waals surface area contributed by atoms with Crippen LogP contribution in [0.25, 0.3) is 0 Å². The molecule has 0 bridgehead atoms. The Hall–Kier alpha value is -0.750. The SMILES string of the molecule is CC#N.CC#N.O=C(O)O.[H-].[Na+]. The summed E-state index contributed by atoms with van der Waals surface area (Å²) in [5, 5.41) is 28.6. The van der Waals surface area contributed by atoms with Crippen LogP contribution in [0.15, 0.2) is 0 Å². The van der Waals surface area contributed by atoms with E-state index in [4.69, 9.17) is 25.5 Å². The summed E-state index contributed by atoms with van der Waals surface area (Å²) in [6, 6.07) is 3.50. The fourth-order valence-electron chi connectivity index (χ4n) is 0. The molecule has 11 heavy (non-hydrogen) atoms. The van der Waals surface area contributed by atoms with Crippen LogP contribution in [-0.4, -0.2) is 16.4 Å². The molecule has 58 valence electrons. The minimum Gasteiger partial charge on any atom is -1.00 e. The topological polar surface area (TPSA) is 105 Å². The summed E-state index contributed by atoms with van der Waals surface area (Å²) in [6.07, 6.45) is -1.83. The van der Waals surface area contributed by atoms with Gasteiger partial charge in [-0.1, -0.05) is 0 Å². The summed E-state index contributed by atoms with van der Waals surface area (Å²) in [6.45, 7) is 2.86. The number of rotatable bonds is 0. The van der Waals surface area contributed by atoms with Gasteiger partial charge in [0.25, 0.3) is 0 Å². The van der Waals surface area contributed by atoms with E-state index in [9.17, 15) is 0 Å². The predicted molar refractivity (Wildman–Crippen MR) is 34.3 cm³/mol. The zero-order valence-electron chi connectivity index (χ0n) is 7.70. The van der Waals surface area contributed by atoms with Crippen molar-refractivity contribution in [2.24, 2.45) is 0 Å². The van der Waals surface area contributed by atoms with E-state index >= 15 is 0 Å². The Kier molecular flexibility index (Phi) is 71.1. The summed E-state index contributed by atoms with van der Waals surface area (Å²) in [7, 11) is 0. The molecule has 0 spiro atoms. The Bertz CT molecular complexity index is 136. The van der Waals surface area contributed by atoms with Gasteiger partial charge in [0, 0.05) is 13.8 Å². The predicted octanol–water partition coefficient (Wildman–Crippen LogP) is -1.60. The number of carboxylic acid groups (broad SMARTS) is 2. The van der Waals surface area contributed by atoms with E-state index in [0.717, 1.165) is 0 Å². The molecule has 0 saturated carbocycles. The third-order valence-electron chi connectivity index (χ3n) is 0. The molecule has 6 heteroatoms. The van der Waals surface area contributed by atoms with E-state index < -0.39 is 6.16 Å². The summed E-state index contributed by atoms with van der Waals surface area (Å²) in [5.41, 5.74) is 0. The Balaban J connectivity index is -0.0000000191. The second-order valence-electron chi connectivity index (χ2n) is 0.730. The number of carbonyl (C=O) groups is 1. The molecule has 0 radical (unpaired) electrons. The van der Waals surface area contributed by atoms with Crippen LogP contribution >= 0.6 is 0 Å². The van der Waals surface area contributed by atoms with Crippen LogP contribution < -0.4 is 29.6 Å². The molecule has 2 N–H and O–H groups in total. The second-order valence-corrected chi connectivity index (χ2v) is 0.730. The third-order valence-corrected chi connectivity index (χ3v) is 0. The fourth-order valence-corrected chi connectivity index (χ4v) is 0. The molecule has 0 aliphatic carbocycles. The maximum absolute atomic E-state index is 8.56. The van der Waals surface area contributed by atoms with E-state index in [-0.39, 0.29) is 31.0 Å². The molecule has 0 fully saturated rings. The van der Waals surface area contributed by atoms with Crippen molar-refractivity contribution in [2.75, 3.05) is 0 Å². The Morgan fingerprint density at radius 1 is 1.27 bits per heavy atom. The van der Waals surface area contributed by atoms with Crippen molar-refractivity contribution in [3.8, 4) is 12.1 Å². The molecule has 0 aromatic heterocycles. The van der Waals surface area contributed by atoms with Crippen molar-refractivity contribution in [3.63, 3.8) is 0 Å². The minimum atomic E-state index is -1.83. The molecule has 0 atom stereocenters. The average Bonchev–Trinajstić information content (AvgIpc) is 1.65. The van der Waals surface area contributed by atoms with Gasteiger partial charge in [-0.25, -0.2) is 4.79 Å². The number of nitrogens with zero attached hydrogens (tertiary/aromatic N) is 2. The quantitative estimate of drug-likeness (QED) is 0.424. The maximum Gasteiger partial charge on any atom is 1.00 e. The zero-order chi connectivity index (χ0) is 8.99. The first-order valence-corrected chi connectivity index (χ1v) is 2.10. The number of hydrogen-bond acceptors (Lipinski definition) is 3. The largest absolute Gasteiger partial charge is 1.00 e. The van der Waals surface area contributed by atoms with Crippen molar-refractivity contribution in [1.82, 2.24) is 0 Å². The van der Waals surface area contributed by atoms with Crippen molar-refractivity contribution < 1.29 is 46.0 Å². The molecule has 0 aromatic rings. The van der Waals surface area contributed by atoms with Crippen LogP contribution in [0.2, 0.25) is 0 Å². The number of nitriles is 2. The Morgan fingerprint density at radius 3 is 1.27 bits per heavy atom. The molecule has 0 amide bonds. The Labute approximate surface area is 88.6 Å². The standard InChI is InChI=1S/2C2H3N.CH2O3.Na.H/c2*1-2-3;2-1(3)4;;/h2*1H3;(H2,2,3,4);;/q;;;+1;-1. The normalized spacial score (nSPS) is 3.64. The molecule has 0 saturated heterocycles. The first-order valence-electron chi connectivity index (χ1n) is 2.10. The van der Waals surface area contributed by atoms with Gasteiger partial charge in [0.05, 0.1) is 12.1 Å². The van der Waals surface area contributed by atoms with Crippen LogP contribution in [-0.2, 0) is 0 Å². The first kappa shape index (κ1) is 22.5. The van der Waals surface area contributed by atoms with Crippen LogP contribution in [0.1, 0.15) is 15.3 Å². The fraction of sp³-hybridized carbons (Fsp3) is 0.400. The van der Waals surface area contributed by atoms with Gasteiger partial charge in [0.1, 0.15) is 0 Å². The minimum absolute atomic E-state index is 0. The van der Waals surface area contributed by atoms with Gasteiger partial charge in [-0.15, -0.1) is 0 Å². The molecule has 0 aliphatic heterocycles. The smallest absolute Gasteiger partial charge is 1.00 e. The monoisotopic (exact) mass is 168 g/mol. The molecule has 0 aliphatic rings. The Morgan fingerprint density at radius 2 is 1.27 bits per heavy atom. The van der Waals surface area contributed by atoms with Crippen molar-refractivity contribution in [1.29, 1.82) is 10.5 Å². The molecular weight excluding hydrogens is 159 g/mol. The van der Waals surface area contributed by atoms with E-state index in [2.05, 4.69) is 0 Å². The van der Waals surface area contributed by atoms with Gasteiger partial charge in [-0.05, 0) is 0 Å². The van der Waals surface area contributed by atoms with E-state index in [1.807, 2.05) is 0 Å². The molecule has 0 heterocycles. The van der Waals surface area contributed by atoms with E-state index in [0.29, 0.717) is 0 Å². The molecule has 0 unspecified atom stereocenters. The van der Waals surface area contributed by atoms with Gasteiger partial charge >= 0.3 is 35.7 Å². The van der Waals surface area contributed by atoms with Crippen molar-refractivity contribution in [3.05, 3.63) is 0 Å². The maximum atomic E-state index is 8.56. The second kappa shape index (κ2) is 34.9. The van der Waals surface area contributed by atoms with Crippen LogP contribution in [0.4, 0.5) is 4.79 Å². The first-order chi connectivity index (χ1) is 4.56. The van der Waals surface area contributed by atoms with Crippen molar-refractivity contribution in [2.45, 2.75) is 13.8 Å². The molecule has 0 rings (SSSR count). The van der Waals surface area contributed by atoms with Crippen molar-refractivity contribution >= 4 is 6.16 Å². The van der Waals surface area contributed by atoms with Gasteiger partial charge in [0.2, 0.25) is 0 Å². The third kappa shape index (κ3) is 864. The van der Waals surface area contributed by atoms with Gasteiger partial charge in [-0.3, -0.25) is 0 Å².